The number of nitrogens with zero attached hydrogens (tertiary/aromatic N) is 3. The van der Waals surface area contributed by atoms with Gasteiger partial charge in [0.25, 0.3) is 0 Å². The SMILES string of the molecule is CC1=Cc2ncnc(N3CCOc4ccc(B(O)O)cc4C3)c2CC1(C)C. The van der Waals surface area contributed by atoms with Gasteiger partial charge in [-0.2, -0.15) is 0 Å². The van der Waals surface area contributed by atoms with E-state index in [2.05, 4.69) is 41.7 Å². The van der Waals surface area contributed by atoms with E-state index in [4.69, 9.17) is 4.74 Å². The molecule has 7 heteroatoms. The third kappa shape index (κ3) is 3.33. The first-order valence-corrected chi connectivity index (χ1v) is 9.24. The lowest BCUT2D eigenvalue weighted by molar-refractivity contribution is 0.331. The van der Waals surface area contributed by atoms with Gasteiger partial charge in [-0.3, -0.25) is 0 Å². The van der Waals surface area contributed by atoms with Gasteiger partial charge in [-0.15, -0.1) is 0 Å². The largest absolute Gasteiger partial charge is 0.491 e. The molecule has 4 rings (SSSR count). The molecule has 0 spiro atoms. The molecule has 1 aliphatic carbocycles. The predicted molar refractivity (Wildman–Crippen MR) is 106 cm³/mol. The first-order chi connectivity index (χ1) is 12.8. The summed E-state index contributed by atoms with van der Waals surface area (Å²) < 4.78 is 5.88. The number of anilines is 1. The number of hydrogen-bond acceptors (Lipinski definition) is 6. The van der Waals surface area contributed by atoms with Gasteiger partial charge < -0.3 is 19.7 Å². The van der Waals surface area contributed by atoms with E-state index in [0.29, 0.717) is 25.2 Å². The van der Waals surface area contributed by atoms with Crippen LogP contribution < -0.4 is 15.1 Å². The first-order valence-electron chi connectivity index (χ1n) is 9.24. The molecular formula is C20H24BN3O3. The van der Waals surface area contributed by atoms with Crippen LogP contribution in [0.25, 0.3) is 6.08 Å². The molecule has 1 aliphatic heterocycles. The molecule has 2 aliphatic rings. The number of allylic oxidation sites excluding steroid dienone is 1. The topological polar surface area (TPSA) is 78.7 Å². The lowest BCUT2D eigenvalue weighted by atomic mass is 9.75. The van der Waals surface area contributed by atoms with Crippen LogP contribution in [0.15, 0.2) is 30.1 Å². The van der Waals surface area contributed by atoms with E-state index in [1.165, 1.54) is 5.57 Å². The molecule has 2 aromatic rings. The zero-order valence-electron chi connectivity index (χ0n) is 15.9. The van der Waals surface area contributed by atoms with E-state index in [9.17, 15) is 10.0 Å². The molecule has 2 heterocycles. The third-order valence-electron chi connectivity index (χ3n) is 5.66. The van der Waals surface area contributed by atoms with Crippen LogP contribution in [-0.2, 0) is 13.0 Å². The van der Waals surface area contributed by atoms with Crippen molar-refractivity contribution in [2.75, 3.05) is 18.1 Å². The zero-order valence-corrected chi connectivity index (χ0v) is 15.9. The Bertz CT molecular complexity index is 911. The molecule has 140 valence electrons. The van der Waals surface area contributed by atoms with E-state index in [1.54, 1.807) is 24.5 Å². The summed E-state index contributed by atoms with van der Waals surface area (Å²) in [4.78, 5) is 11.3. The minimum absolute atomic E-state index is 0.0703. The van der Waals surface area contributed by atoms with Gasteiger partial charge in [0.2, 0.25) is 0 Å². The summed E-state index contributed by atoms with van der Waals surface area (Å²) in [6.07, 6.45) is 4.67. The Balaban J connectivity index is 1.73. The van der Waals surface area contributed by atoms with E-state index in [1.807, 2.05) is 0 Å². The van der Waals surface area contributed by atoms with E-state index in [-0.39, 0.29) is 5.41 Å². The van der Waals surface area contributed by atoms with Crippen molar-refractivity contribution in [2.24, 2.45) is 5.41 Å². The van der Waals surface area contributed by atoms with Crippen LogP contribution in [0.5, 0.6) is 5.75 Å². The van der Waals surface area contributed by atoms with Crippen molar-refractivity contribution in [3.05, 3.63) is 46.9 Å². The number of fused-ring (bicyclic) bond motifs is 2. The van der Waals surface area contributed by atoms with Crippen LogP contribution in [0.1, 0.15) is 37.6 Å². The maximum Gasteiger partial charge on any atom is 0.488 e. The van der Waals surface area contributed by atoms with Crippen LogP contribution in [0, 0.1) is 5.41 Å². The predicted octanol–water partition coefficient (Wildman–Crippen LogP) is 1.54. The highest BCUT2D eigenvalue weighted by molar-refractivity contribution is 6.58. The van der Waals surface area contributed by atoms with E-state index in [0.717, 1.165) is 34.8 Å². The van der Waals surface area contributed by atoms with Crippen LogP contribution in [-0.4, -0.2) is 40.3 Å². The fourth-order valence-electron chi connectivity index (χ4n) is 3.72. The Labute approximate surface area is 159 Å². The standard InChI is InChI=1S/C20H24BN3O3/c1-13-8-17-16(10-20(13,2)3)19(23-12-22-17)24-6-7-27-18-5-4-15(21(25)26)9-14(18)11-24/h4-5,8-9,12,25-26H,6-7,10-11H2,1-3H3. The van der Waals surface area contributed by atoms with Crippen molar-refractivity contribution in [3.63, 3.8) is 0 Å². The van der Waals surface area contributed by atoms with Gasteiger partial charge in [0, 0.05) is 17.7 Å². The first kappa shape index (κ1) is 18.0. The van der Waals surface area contributed by atoms with Gasteiger partial charge in [0.1, 0.15) is 24.5 Å². The maximum absolute atomic E-state index is 9.49. The Hall–Kier alpha value is -2.38. The fraction of sp³-hybridized carbons (Fsp3) is 0.400. The van der Waals surface area contributed by atoms with Crippen molar-refractivity contribution < 1.29 is 14.8 Å². The molecule has 0 unspecified atom stereocenters. The minimum atomic E-state index is -1.49. The monoisotopic (exact) mass is 365 g/mol. The van der Waals surface area contributed by atoms with Crippen molar-refractivity contribution in [3.8, 4) is 5.75 Å². The third-order valence-corrected chi connectivity index (χ3v) is 5.66. The van der Waals surface area contributed by atoms with Gasteiger partial charge in [-0.25, -0.2) is 9.97 Å². The smallest absolute Gasteiger partial charge is 0.488 e. The Morgan fingerprint density at radius 2 is 2.04 bits per heavy atom. The molecule has 0 saturated heterocycles. The van der Waals surface area contributed by atoms with Crippen molar-refractivity contribution in [1.29, 1.82) is 0 Å². The molecule has 0 amide bonds. The van der Waals surface area contributed by atoms with Gasteiger partial charge in [-0.05, 0) is 36.4 Å². The lowest BCUT2D eigenvalue weighted by Gasteiger charge is -2.33. The zero-order chi connectivity index (χ0) is 19.2. The summed E-state index contributed by atoms with van der Waals surface area (Å²) >= 11 is 0. The number of benzene rings is 1. The average molecular weight is 365 g/mol. The van der Waals surface area contributed by atoms with Gasteiger partial charge >= 0.3 is 7.12 Å². The number of rotatable bonds is 2. The Morgan fingerprint density at radius 1 is 1.22 bits per heavy atom. The Morgan fingerprint density at radius 3 is 2.81 bits per heavy atom. The second-order valence-electron chi connectivity index (χ2n) is 7.96. The van der Waals surface area contributed by atoms with Gasteiger partial charge in [-0.1, -0.05) is 31.6 Å². The minimum Gasteiger partial charge on any atom is -0.491 e. The highest BCUT2D eigenvalue weighted by atomic mass is 16.5. The summed E-state index contributed by atoms with van der Waals surface area (Å²) in [5.74, 6) is 1.71. The molecule has 0 radical (unpaired) electrons. The van der Waals surface area contributed by atoms with Crippen LogP contribution in [0.3, 0.4) is 0 Å². The highest BCUT2D eigenvalue weighted by Crippen LogP contribution is 2.40. The van der Waals surface area contributed by atoms with Crippen molar-refractivity contribution in [1.82, 2.24) is 9.97 Å². The molecule has 27 heavy (non-hydrogen) atoms. The van der Waals surface area contributed by atoms with Crippen LogP contribution >= 0.6 is 0 Å². The van der Waals surface area contributed by atoms with Gasteiger partial charge in [0.15, 0.2) is 0 Å². The maximum atomic E-state index is 9.49. The summed E-state index contributed by atoms with van der Waals surface area (Å²) in [5.41, 5.74) is 4.93. The molecule has 0 saturated carbocycles. The van der Waals surface area contributed by atoms with Crippen molar-refractivity contribution >= 4 is 24.5 Å². The van der Waals surface area contributed by atoms with Crippen molar-refractivity contribution in [2.45, 2.75) is 33.7 Å². The fourth-order valence-corrected chi connectivity index (χ4v) is 3.72. The average Bonchev–Trinajstić information content (AvgIpc) is 2.83. The molecule has 6 nitrogen and oxygen atoms in total. The summed E-state index contributed by atoms with van der Waals surface area (Å²) in [5, 5.41) is 19.0. The number of ether oxygens (including phenoxy) is 1. The van der Waals surface area contributed by atoms with E-state index < -0.39 is 7.12 Å². The summed E-state index contributed by atoms with van der Waals surface area (Å²) in [7, 11) is -1.49. The number of hydrogen-bond donors (Lipinski definition) is 2. The normalized spacial score (nSPS) is 18.0. The lowest BCUT2D eigenvalue weighted by Crippen LogP contribution is -2.32. The molecule has 1 aromatic carbocycles. The number of aromatic nitrogens is 2. The van der Waals surface area contributed by atoms with Crippen LogP contribution in [0.2, 0.25) is 0 Å². The van der Waals surface area contributed by atoms with Crippen LogP contribution in [0.4, 0.5) is 5.82 Å². The molecule has 2 N–H and O–H groups in total. The van der Waals surface area contributed by atoms with E-state index >= 15 is 0 Å². The molecule has 0 bridgehead atoms. The highest BCUT2D eigenvalue weighted by Gasteiger charge is 2.31. The van der Waals surface area contributed by atoms with Gasteiger partial charge in [0.05, 0.1) is 12.2 Å². The quantitative estimate of drug-likeness (QED) is 0.787. The second-order valence-corrected chi connectivity index (χ2v) is 7.96. The molecule has 1 aromatic heterocycles. The molecule has 0 atom stereocenters. The second kappa shape index (κ2) is 6.66. The molecular weight excluding hydrogens is 341 g/mol. The summed E-state index contributed by atoms with van der Waals surface area (Å²) in [6.45, 7) is 8.50. The summed E-state index contributed by atoms with van der Waals surface area (Å²) in [6, 6.07) is 5.28. The Kier molecular flexibility index (Phi) is 4.44. The molecule has 0 fully saturated rings.